The molecule has 1 saturated heterocycles. The molecule has 1 aliphatic heterocycles. The van der Waals surface area contributed by atoms with Crippen LogP contribution in [-0.4, -0.2) is 29.9 Å². The van der Waals surface area contributed by atoms with Gasteiger partial charge in [-0.15, -0.1) is 0 Å². The van der Waals surface area contributed by atoms with Crippen LogP contribution in [0.25, 0.3) is 5.76 Å². The SMILES string of the molecule is CCN(CC)c1ccc(C2/C(=C(\O)c3cc(C(C)(C)C)ccc3C)C(=O)C(=O)N2c2ccc(F)cc2F)cc1. The number of benzene rings is 3. The van der Waals surface area contributed by atoms with E-state index in [1.807, 2.05) is 71.9 Å². The maximum absolute atomic E-state index is 15.0. The zero-order valence-electron chi connectivity index (χ0n) is 23.2. The molecule has 1 unspecified atom stereocenters. The molecular weight excluding hydrogens is 498 g/mol. The summed E-state index contributed by atoms with van der Waals surface area (Å²) in [5.41, 5.74) is 2.92. The van der Waals surface area contributed by atoms with Gasteiger partial charge in [-0.05, 0) is 73.2 Å². The van der Waals surface area contributed by atoms with Crippen LogP contribution in [0.3, 0.4) is 0 Å². The third-order valence-corrected chi connectivity index (χ3v) is 7.31. The fraction of sp³-hybridized carbons (Fsp3) is 0.312. The second kappa shape index (κ2) is 10.6. The Balaban J connectivity index is 1.97. The molecule has 39 heavy (non-hydrogen) atoms. The van der Waals surface area contributed by atoms with E-state index in [1.165, 1.54) is 0 Å². The molecule has 4 rings (SSSR count). The minimum absolute atomic E-state index is 0.145. The number of hydrogen-bond acceptors (Lipinski definition) is 4. The molecule has 5 nitrogen and oxygen atoms in total. The third kappa shape index (κ3) is 5.18. The highest BCUT2D eigenvalue weighted by Gasteiger charge is 2.48. The summed E-state index contributed by atoms with van der Waals surface area (Å²) < 4.78 is 28.8. The number of nitrogens with zero attached hydrogens (tertiary/aromatic N) is 2. The fourth-order valence-electron chi connectivity index (χ4n) is 5.02. The summed E-state index contributed by atoms with van der Waals surface area (Å²) in [6, 6.07) is 14.6. The van der Waals surface area contributed by atoms with Crippen LogP contribution in [0.5, 0.6) is 0 Å². The molecule has 0 bridgehead atoms. The second-order valence-corrected chi connectivity index (χ2v) is 10.8. The fourth-order valence-corrected chi connectivity index (χ4v) is 5.02. The number of aliphatic hydroxyl groups excluding tert-OH is 1. The highest BCUT2D eigenvalue weighted by molar-refractivity contribution is 6.51. The first-order valence-electron chi connectivity index (χ1n) is 13.1. The van der Waals surface area contributed by atoms with Crippen molar-refractivity contribution in [2.45, 2.75) is 53.0 Å². The van der Waals surface area contributed by atoms with Gasteiger partial charge >= 0.3 is 0 Å². The molecule has 1 atom stereocenters. The average Bonchev–Trinajstić information content (AvgIpc) is 3.14. The zero-order valence-corrected chi connectivity index (χ0v) is 23.2. The molecule has 3 aromatic rings. The standard InChI is InChI=1S/C32H34F2N2O3/c1-7-35(8-2)23-14-10-20(11-15-23)28-27(29(37)24-17-21(32(4,5)6)12-9-19(24)3)30(38)31(39)36(28)26-16-13-22(33)18-25(26)34/h9-18,28,37H,7-8H2,1-6H3/b29-27+. The minimum atomic E-state index is -1.12. The summed E-state index contributed by atoms with van der Waals surface area (Å²) in [7, 11) is 0. The van der Waals surface area contributed by atoms with Gasteiger partial charge in [0.1, 0.15) is 17.4 Å². The van der Waals surface area contributed by atoms with Crippen LogP contribution < -0.4 is 9.80 Å². The average molecular weight is 533 g/mol. The number of halogens is 2. The molecule has 3 aromatic carbocycles. The molecule has 204 valence electrons. The maximum Gasteiger partial charge on any atom is 0.300 e. The Morgan fingerprint density at radius 3 is 2.15 bits per heavy atom. The van der Waals surface area contributed by atoms with E-state index in [-0.39, 0.29) is 22.4 Å². The lowest BCUT2D eigenvalue weighted by Crippen LogP contribution is -2.30. The summed E-state index contributed by atoms with van der Waals surface area (Å²) >= 11 is 0. The Hall–Kier alpha value is -4.00. The molecule has 1 fully saturated rings. The van der Waals surface area contributed by atoms with Crippen LogP contribution in [0.15, 0.2) is 66.2 Å². The van der Waals surface area contributed by atoms with Crippen LogP contribution in [0.1, 0.15) is 62.9 Å². The van der Waals surface area contributed by atoms with Gasteiger partial charge in [0.2, 0.25) is 0 Å². The quantitative estimate of drug-likeness (QED) is 0.210. The van der Waals surface area contributed by atoms with Gasteiger partial charge < -0.3 is 10.0 Å². The monoisotopic (exact) mass is 532 g/mol. The number of carbonyl (C=O) groups is 2. The number of ketones is 1. The molecule has 0 aliphatic carbocycles. The van der Waals surface area contributed by atoms with Gasteiger partial charge in [0, 0.05) is 30.4 Å². The lowest BCUT2D eigenvalue weighted by molar-refractivity contribution is -0.132. The van der Waals surface area contributed by atoms with Crippen molar-refractivity contribution in [2.75, 3.05) is 22.9 Å². The number of hydrogen-bond donors (Lipinski definition) is 1. The normalized spacial score (nSPS) is 17.1. The topological polar surface area (TPSA) is 60.9 Å². The number of Topliss-reactive ketones (excluding diaryl/α,β-unsaturated/α-hetero) is 1. The number of amides is 1. The molecular formula is C32H34F2N2O3. The van der Waals surface area contributed by atoms with Gasteiger partial charge in [-0.3, -0.25) is 14.5 Å². The van der Waals surface area contributed by atoms with Crippen molar-refractivity contribution in [1.29, 1.82) is 0 Å². The van der Waals surface area contributed by atoms with Gasteiger partial charge in [0.15, 0.2) is 0 Å². The smallest absolute Gasteiger partial charge is 0.300 e. The Morgan fingerprint density at radius 1 is 0.949 bits per heavy atom. The van der Waals surface area contributed by atoms with E-state index in [9.17, 15) is 19.1 Å². The molecule has 0 spiro atoms. The van der Waals surface area contributed by atoms with E-state index in [2.05, 4.69) is 4.90 Å². The van der Waals surface area contributed by atoms with Gasteiger partial charge in [0.25, 0.3) is 11.7 Å². The number of anilines is 2. The van der Waals surface area contributed by atoms with Crippen LogP contribution >= 0.6 is 0 Å². The van der Waals surface area contributed by atoms with Crippen LogP contribution in [-0.2, 0) is 15.0 Å². The summed E-state index contributed by atoms with van der Waals surface area (Å²) in [4.78, 5) is 30.1. The maximum atomic E-state index is 15.0. The van der Waals surface area contributed by atoms with Gasteiger partial charge in [-0.25, -0.2) is 8.78 Å². The van der Waals surface area contributed by atoms with E-state index in [4.69, 9.17) is 0 Å². The minimum Gasteiger partial charge on any atom is -0.507 e. The van der Waals surface area contributed by atoms with E-state index in [0.717, 1.165) is 46.9 Å². The molecule has 7 heteroatoms. The molecule has 1 N–H and O–H groups in total. The zero-order chi connectivity index (χ0) is 28.6. The molecule has 1 amide bonds. The molecule has 0 radical (unpaired) electrons. The Morgan fingerprint density at radius 2 is 1.59 bits per heavy atom. The van der Waals surface area contributed by atoms with Crippen molar-refractivity contribution in [3.63, 3.8) is 0 Å². The van der Waals surface area contributed by atoms with E-state index in [0.29, 0.717) is 17.2 Å². The van der Waals surface area contributed by atoms with Crippen molar-refractivity contribution in [3.05, 3.63) is 100 Å². The van der Waals surface area contributed by atoms with Crippen molar-refractivity contribution in [2.24, 2.45) is 0 Å². The van der Waals surface area contributed by atoms with E-state index < -0.39 is 29.4 Å². The lowest BCUT2D eigenvalue weighted by atomic mass is 9.84. The molecule has 0 aromatic heterocycles. The number of rotatable bonds is 6. The van der Waals surface area contributed by atoms with Crippen molar-refractivity contribution in [1.82, 2.24) is 0 Å². The van der Waals surface area contributed by atoms with Gasteiger partial charge in [-0.1, -0.05) is 45.0 Å². The first kappa shape index (κ1) is 28.0. The molecule has 1 heterocycles. The molecule has 0 saturated carbocycles. The third-order valence-electron chi connectivity index (χ3n) is 7.31. The number of aryl methyl sites for hydroxylation is 1. The Bertz CT molecular complexity index is 1450. The van der Waals surface area contributed by atoms with Gasteiger partial charge in [0.05, 0.1) is 17.3 Å². The largest absolute Gasteiger partial charge is 0.507 e. The highest BCUT2D eigenvalue weighted by Crippen LogP contribution is 2.44. The summed E-state index contributed by atoms with van der Waals surface area (Å²) in [5, 5.41) is 11.6. The van der Waals surface area contributed by atoms with Gasteiger partial charge in [-0.2, -0.15) is 0 Å². The first-order valence-corrected chi connectivity index (χ1v) is 13.1. The first-order chi connectivity index (χ1) is 18.4. The van der Waals surface area contributed by atoms with Crippen LogP contribution in [0.4, 0.5) is 20.2 Å². The van der Waals surface area contributed by atoms with Crippen LogP contribution in [0, 0.1) is 18.6 Å². The Labute approximate surface area is 228 Å². The Kier molecular flexibility index (Phi) is 7.64. The van der Waals surface area contributed by atoms with Crippen molar-refractivity contribution < 1.29 is 23.5 Å². The number of aliphatic hydroxyl groups is 1. The summed E-state index contributed by atoms with van der Waals surface area (Å²) in [6.45, 7) is 13.6. The van der Waals surface area contributed by atoms with E-state index >= 15 is 4.39 Å². The summed E-state index contributed by atoms with van der Waals surface area (Å²) in [5.74, 6) is -4.05. The second-order valence-electron chi connectivity index (χ2n) is 10.8. The van der Waals surface area contributed by atoms with Crippen molar-refractivity contribution in [3.8, 4) is 0 Å². The number of carbonyl (C=O) groups excluding carboxylic acids is 2. The predicted octanol–water partition coefficient (Wildman–Crippen LogP) is 7.04. The van der Waals surface area contributed by atoms with Crippen LogP contribution in [0.2, 0.25) is 0 Å². The predicted molar refractivity (Wildman–Crippen MR) is 151 cm³/mol. The van der Waals surface area contributed by atoms with Crippen molar-refractivity contribution >= 4 is 28.8 Å². The highest BCUT2D eigenvalue weighted by atomic mass is 19.1. The molecule has 1 aliphatic rings. The lowest BCUT2D eigenvalue weighted by Gasteiger charge is -2.27. The van der Waals surface area contributed by atoms with E-state index in [1.54, 1.807) is 12.1 Å². The summed E-state index contributed by atoms with van der Waals surface area (Å²) in [6.07, 6.45) is 0.